The smallest absolute Gasteiger partial charge is 0.143 e. The number of hydrogen-bond acceptors (Lipinski definition) is 6. The molecule has 0 rings (SSSR count). The molecule has 0 spiro atoms. The lowest BCUT2D eigenvalue weighted by molar-refractivity contribution is 0.127. The summed E-state index contributed by atoms with van der Waals surface area (Å²) in [6.07, 6.45) is 1.50. The molecule has 0 aromatic carbocycles. The van der Waals surface area contributed by atoms with E-state index in [1.165, 1.54) is 6.08 Å². The lowest BCUT2D eigenvalue weighted by Crippen LogP contribution is -2.30. The summed E-state index contributed by atoms with van der Waals surface area (Å²) in [6, 6.07) is -1.95. The molecule has 6 heteroatoms. The first-order valence-corrected chi connectivity index (χ1v) is 3.74. The second-order valence-corrected chi connectivity index (χ2v) is 2.35. The minimum Gasteiger partial charge on any atom is -0.394 e. The van der Waals surface area contributed by atoms with Crippen molar-refractivity contribution in [2.75, 3.05) is 19.8 Å². The van der Waals surface area contributed by atoms with E-state index in [9.17, 15) is 9.81 Å². The second kappa shape index (κ2) is 7.51. The van der Waals surface area contributed by atoms with Gasteiger partial charge in [-0.25, -0.2) is 0 Å². The minimum atomic E-state index is -1.03. The Bertz CT molecular complexity index is 174. The highest BCUT2D eigenvalue weighted by Crippen LogP contribution is 2.03. The number of nitrogens with zero attached hydrogens (tertiary/aromatic N) is 2. The predicted octanol–water partition coefficient (Wildman–Crippen LogP) is 0.451. The first-order chi connectivity index (χ1) is 6.29. The normalized spacial score (nSPS) is 14.5. The van der Waals surface area contributed by atoms with Crippen molar-refractivity contribution < 1.29 is 9.84 Å². The highest BCUT2D eigenvalue weighted by molar-refractivity contribution is 4.81. The average Bonchev–Trinajstić information content (AvgIpc) is 2.17. The summed E-state index contributed by atoms with van der Waals surface area (Å²) < 4.78 is 4.90. The maximum Gasteiger partial charge on any atom is 0.143 e. The molecule has 13 heavy (non-hydrogen) atoms. The topological polar surface area (TPSA) is 88.3 Å². The van der Waals surface area contributed by atoms with Crippen LogP contribution < -0.4 is 0 Å². The van der Waals surface area contributed by atoms with E-state index < -0.39 is 18.7 Å². The van der Waals surface area contributed by atoms with E-state index in [1.807, 2.05) is 0 Å². The summed E-state index contributed by atoms with van der Waals surface area (Å²) in [5, 5.41) is 13.8. The van der Waals surface area contributed by atoms with Gasteiger partial charge in [0, 0.05) is 0 Å². The zero-order valence-electron chi connectivity index (χ0n) is 7.13. The van der Waals surface area contributed by atoms with Crippen LogP contribution in [-0.2, 0) is 4.74 Å². The molecule has 0 fully saturated rings. The van der Waals surface area contributed by atoms with Crippen molar-refractivity contribution in [3.8, 4) is 0 Å². The van der Waals surface area contributed by atoms with Gasteiger partial charge >= 0.3 is 0 Å². The minimum absolute atomic E-state index is 0.0352. The quantitative estimate of drug-likeness (QED) is 0.340. The molecule has 2 atom stereocenters. The van der Waals surface area contributed by atoms with Crippen LogP contribution in [0.1, 0.15) is 0 Å². The van der Waals surface area contributed by atoms with E-state index in [-0.39, 0.29) is 13.2 Å². The monoisotopic (exact) mass is 188 g/mol. The van der Waals surface area contributed by atoms with Crippen LogP contribution >= 0.6 is 0 Å². The van der Waals surface area contributed by atoms with Crippen LogP contribution in [-0.4, -0.2) is 37.0 Å². The lowest BCUT2D eigenvalue weighted by Gasteiger charge is -2.11. The Morgan fingerprint density at radius 3 is 2.38 bits per heavy atom. The zero-order chi connectivity index (χ0) is 10.1. The molecule has 0 aliphatic heterocycles. The number of ether oxygens (including phenoxy) is 1. The summed E-state index contributed by atoms with van der Waals surface area (Å²) in [5.74, 6) is 0. The SMILES string of the molecule is C=CCOCC(N=O)C(CO)N=O. The van der Waals surface area contributed by atoms with E-state index in [0.717, 1.165) is 0 Å². The van der Waals surface area contributed by atoms with Gasteiger partial charge in [-0.3, -0.25) is 0 Å². The van der Waals surface area contributed by atoms with Gasteiger partial charge in [0.1, 0.15) is 12.1 Å². The summed E-state index contributed by atoms with van der Waals surface area (Å²) in [7, 11) is 0. The van der Waals surface area contributed by atoms with Gasteiger partial charge in [-0.05, 0) is 0 Å². The molecular weight excluding hydrogens is 176 g/mol. The van der Waals surface area contributed by atoms with Crippen molar-refractivity contribution in [3.05, 3.63) is 22.5 Å². The molecule has 6 nitrogen and oxygen atoms in total. The number of hydrogen-bond donors (Lipinski definition) is 1. The maximum atomic E-state index is 10.2. The van der Waals surface area contributed by atoms with Crippen molar-refractivity contribution in [2.24, 2.45) is 10.4 Å². The number of rotatable bonds is 8. The standard InChI is InChI=1S/C7H12N2O4/c1-2-3-13-5-7(9-12)6(4-10)8-11/h2,6-7,10H,1,3-5H2. The Hall–Kier alpha value is -1.14. The fourth-order valence-electron chi connectivity index (χ4n) is 0.709. The number of aliphatic hydroxyl groups is 1. The van der Waals surface area contributed by atoms with Gasteiger partial charge in [0.15, 0.2) is 0 Å². The van der Waals surface area contributed by atoms with Gasteiger partial charge in [-0.15, -0.1) is 6.58 Å². The third-order valence-electron chi connectivity index (χ3n) is 1.43. The largest absolute Gasteiger partial charge is 0.394 e. The highest BCUT2D eigenvalue weighted by Gasteiger charge is 2.22. The third-order valence-corrected chi connectivity index (χ3v) is 1.43. The summed E-state index contributed by atoms with van der Waals surface area (Å²) >= 11 is 0. The Labute approximate surface area is 75.5 Å². The summed E-state index contributed by atoms with van der Waals surface area (Å²) in [4.78, 5) is 20.3. The predicted molar refractivity (Wildman–Crippen MR) is 47.3 cm³/mol. The first-order valence-electron chi connectivity index (χ1n) is 3.74. The van der Waals surface area contributed by atoms with Crippen LogP contribution in [0.3, 0.4) is 0 Å². The average molecular weight is 188 g/mol. The molecule has 0 amide bonds. The van der Waals surface area contributed by atoms with Crippen LogP contribution in [0.2, 0.25) is 0 Å². The van der Waals surface area contributed by atoms with Gasteiger partial charge in [0.2, 0.25) is 0 Å². The van der Waals surface area contributed by atoms with Gasteiger partial charge in [-0.1, -0.05) is 16.4 Å². The Balaban J connectivity index is 3.91. The highest BCUT2D eigenvalue weighted by atomic mass is 16.5. The summed E-state index contributed by atoms with van der Waals surface area (Å²) in [5.41, 5.74) is 0. The van der Waals surface area contributed by atoms with Crippen molar-refractivity contribution in [2.45, 2.75) is 12.1 Å². The van der Waals surface area contributed by atoms with Gasteiger partial charge in [0.05, 0.1) is 19.8 Å². The van der Waals surface area contributed by atoms with Crippen molar-refractivity contribution >= 4 is 0 Å². The molecule has 74 valence electrons. The Morgan fingerprint density at radius 2 is 2.00 bits per heavy atom. The molecule has 0 aliphatic rings. The Kier molecular flexibility index (Phi) is 6.85. The van der Waals surface area contributed by atoms with E-state index in [2.05, 4.69) is 16.9 Å². The second-order valence-electron chi connectivity index (χ2n) is 2.35. The molecule has 0 aromatic rings. The number of nitroso groups, excluding NO2 is 2. The van der Waals surface area contributed by atoms with Crippen molar-refractivity contribution in [1.29, 1.82) is 0 Å². The van der Waals surface area contributed by atoms with Crippen LogP contribution in [0.15, 0.2) is 23.0 Å². The molecule has 2 unspecified atom stereocenters. The molecule has 1 N–H and O–H groups in total. The molecule has 0 radical (unpaired) electrons. The van der Waals surface area contributed by atoms with E-state index in [0.29, 0.717) is 0 Å². The fourth-order valence-corrected chi connectivity index (χ4v) is 0.709. The first kappa shape index (κ1) is 11.9. The lowest BCUT2D eigenvalue weighted by atomic mass is 10.2. The van der Waals surface area contributed by atoms with Crippen molar-refractivity contribution in [1.82, 2.24) is 0 Å². The van der Waals surface area contributed by atoms with Crippen LogP contribution in [0.25, 0.3) is 0 Å². The third kappa shape index (κ3) is 4.44. The fraction of sp³-hybridized carbons (Fsp3) is 0.714. The Morgan fingerprint density at radius 1 is 1.38 bits per heavy atom. The van der Waals surface area contributed by atoms with Crippen molar-refractivity contribution in [3.63, 3.8) is 0 Å². The van der Waals surface area contributed by atoms with E-state index in [1.54, 1.807) is 0 Å². The van der Waals surface area contributed by atoms with Crippen LogP contribution in [0.5, 0.6) is 0 Å². The molecule has 0 bridgehead atoms. The van der Waals surface area contributed by atoms with Gasteiger partial charge in [0.25, 0.3) is 0 Å². The van der Waals surface area contributed by atoms with Gasteiger partial charge < -0.3 is 9.84 Å². The van der Waals surface area contributed by atoms with Crippen LogP contribution in [0, 0.1) is 9.81 Å². The molecule has 0 aliphatic carbocycles. The number of aliphatic hydroxyl groups excluding tert-OH is 1. The molecular formula is C7H12N2O4. The van der Waals surface area contributed by atoms with Crippen LogP contribution in [0.4, 0.5) is 0 Å². The molecule has 0 saturated carbocycles. The van der Waals surface area contributed by atoms with Gasteiger partial charge in [-0.2, -0.15) is 9.81 Å². The zero-order valence-corrected chi connectivity index (χ0v) is 7.13. The molecule has 0 aromatic heterocycles. The molecule has 0 heterocycles. The van der Waals surface area contributed by atoms with E-state index in [4.69, 9.17) is 9.84 Å². The maximum absolute atomic E-state index is 10.2. The van der Waals surface area contributed by atoms with E-state index >= 15 is 0 Å². The molecule has 0 saturated heterocycles. The summed E-state index contributed by atoms with van der Waals surface area (Å²) in [6.45, 7) is 3.13.